The molecule has 0 bridgehead atoms. The van der Waals surface area contributed by atoms with Crippen molar-refractivity contribution in [3.05, 3.63) is 18.2 Å². The van der Waals surface area contributed by atoms with Crippen molar-refractivity contribution in [3.8, 4) is 0 Å². The number of nitrogens with zero attached hydrogens (tertiary/aromatic N) is 2. The summed E-state index contributed by atoms with van der Waals surface area (Å²) in [4.78, 5) is 4.47. The van der Waals surface area contributed by atoms with E-state index in [1.165, 1.54) is 0 Å². The van der Waals surface area contributed by atoms with E-state index < -0.39 is 0 Å². The topological polar surface area (TPSA) is 48.3 Å². The van der Waals surface area contributed by atoms with Crippen molar-refractivity contribution >= 4 is 0 Å². The third-order valence-corrected chi connectivity index (χ3v) is 3.36. The Morgan fingerprint density at radius 1 is 1.42 bits per heavy atom. The van der Waals surface area contributed by atoms with Gasteiger partial charge in [0.1, 0.15) is 5.82 Å². The molecule has 1 aromatic rings. The lowest BCUT2D eigenvalue weighted by atomic mass is 10.1. The Bertz CT molecular complexity index is 361. The van der Waals surface area contributed by atoms with Crippen LogP contribution in [0.1, 0.15) is 32.5 Å². The molecule has 2 rings (SSSR count). The number of ether oxygens (including phenoxy) is 2. The largest absolute Gasteiger partial charge is 0.350 e. The third kappa shape index (κ3) is 4.30. The molecular weight excluding hydrogens is 242 g/mol. The van der Waals surface area contributed by atoms with Crippen LogP contribution in [0.15, 0.2) is 12.4 Å². The number of imidazole rings is 1. The Hall–Kier alpha value is -0.910. The van der Waals surface area contributed by atoms with Crippen molar-refractivity contribution in [2.45, 2.75) is 52.0 Å². The van der Waals surface area contributed by atoms with Crippen LogP contribution >= 0.6 is 0 Å². The normalized spacial score (nSPS) is 18.0. The van der Waals surface area contributed by atoms with Gasteiger partial charge in [-0.25, -0.2) is 4.98 Å². The van der Waals surface area contributed by atoms with Crippen LogP contribution in [0.5, 0.6) is 0 Å². The zero-order chi connectivity index (χ0) is 13.5. The summed E-state index contributed by atoms with van der Waals surface area (Å²) in [6.45, 7) is 7.73. The SMILES string of the molecule is CCCn1ccnc1CC(CC1OCCO1)NCC. The van der Waals surface area contributed by atoms with E-state index in [1.54, 1.807) is 0 Å². The summed E-state index contributed by atoms with van der Waals surface area (Å²) < 4.78 is 13.3. The third-order valence-electron chi connectivity index (χ3n) is 3.36. The summed E-state index contributed by atoms with van der Waals surface area (Å²) >= 11 is 0. The Kier molecular flexibility index (Phi) is 5.82. The fourth-order valence-corrected chi connectivity index (χ4v) is 2.50. The average molecular weight is 267 g/mol. The highest BCUT2D eigenvalue weighted by Crippen LogP contribution is 2.14. The van der Waals surface area contributed by atoms with Gasteiger partial charge in [0.2, 0.25) is 0 Å². The highest BCUT2D eigenvalue weighted by atomic mass is 16.7. The summed E-state index contributed by atoms with van der Waals surface area (Å²) in [5.74, 6) is 1.14. The molecule has 1 unspecified atom stereocenters. The molecule has 1 saturated heterocycles. The Morgan fingerprint density at radius 3 is 2.89 bits per heavy atom. The highest BCUT2D eigenvalue weighted by Gasteiger charge is 2.22. The van der Waals surface area contributed by atoms with Crippen LogP contribution < -0.4 is 5.32 Å². The first-order valence-electron chi connectivity index (χ1n) is 7.30. The number of aryl methyl sites for hydroxylation is 1. The number of likely N-dealkylation sites (N-methyl/N-ethyl adjacent to an activating group) is 1. The summed E-state index contributed by atoms with van der Waals surface area (Å²) in [7, 11) is 0. The molecule has 0 saturated carbocycles. The minimum Gasteiger partial charge on any atom is -0.350 e. The van der Waals surface area contributed by atoms with Crippen molar-refractivity contribution < 1.29 is 9.47 Å². The van der Waals surface area contributed by atoms with Crippen LogP contribution in [0.3, 0.4) is 0 Å². The molecule has 2 heterocycles. The lowest BCUT2D eigenvalue weighted by molar-refractivity contribution is -0.0527. The van der Waals surface area contributed by atoms with Crippen molar-refractivity contribution in [2.75, 3.05) is 19.8 Å². The van der Waals surface area contributed by atoms with Crippen molar-refractivity contribution in [1.82, 2.24) is 14.9 Å². The lowest BCUT2D eigenvalue weighted by Gasteiger charge is -2.21. The molecule has 1 aliphatic rings. The maximum absolute atomic E-state index is 5.54. The highest BCUT2D eigenvalue weighted by molar-refractivity contribution is 4.96. The van der Waals surface area contributed by atoms with Crippen molar-refractivity contribution in [3.63, 3.8) is 0 Å². The number of hydrogen-bond acceptors (Lipinski definition) is 4. The van der Waals surface area contributed by atoms with Gasteiger partial charge in [0.15, 0.2) is 6.29 Å². The van der Waals surface area contributed by atoms with Gasteiger partial charge >= 0.3 is 0 Å². The van der Waals surface area contributed by atoms with E-state index in [0.29, 0.717) is 19.3 Å². The minimum atomic E-state index is -0.0568. The molecule has 19 heavy (non-hydrogen) atoms. The molecule has 5 heteroatoms. The van der Waals surface area contributed by atoms with Gasteiger partial charge in [0, 0.05) is 37.8 Å². The number of rotatable bonds is 8. The van der Waals surface area contributed by atoms with Crippen LogP contribution in [0.2, 0.25) is 0 Å². The van der Waals surface area contributed by atoms with Gasteiger partial charge in [0.05, 0.1) is 13.2 Å². The second kappa shape index (κ2) is 7.62. The fraction of sp³-hybridized carbons (Fsp3) is 0.786. The van der Waals surface area contributed by atoms with Gasteiger partial charge in [0.25, 0.3) is 0 Å². The number of hydrogen-bond donors (Lipinski definition) is 1. The van der Waals surface area contributed by atoms with E-state index >= 15 is 0 Å². The van der Waals surface area contributed by atoms with Crippen LogP contribution in [0, 0.1) is 0 Å². The lowest BCUT2D eigenvalue weighted by Crippen LogP contribution is -2.35. The van der Waals surface area contributed by atoms with Gasteiger partial charge in [-0.3, -0.25) is 0 Å². The fourth-order valence-electron chi connectivity index (χ4n) is 2.50. The first-order valence-corrected chi connectivity index (χ1v) is 7.30. The molecule has 108 valence electrons. The molecule has 0 radical (unpaired) electrons. The molecule has 1 atom stereocenters. The minimum absolute atomic E-state index is 0.0568. The predicted octanol–water partition coefficient (Wildman–Crippen LogP) is 1.58. The Balaban J connectivity index is 1.92. The quantitative estimate of drug-likeness (QED) is 0.777. The molecule has 0 amide bonds. The van der Waals surface area contributed by atoms with Crippen molar-refractivity contribution in [1.29, 1.82) is 0 Å². The first-order chi connectivity index (χ1) is 9.33. The van der Waals surface area contributed by atoms with Gasteiger partial charge in [-0.2, -0.15) is 0 Å². The van der Waals surface area contributed by atoms with Gasteiger partial charge < -0.3 is 19.4 Å². The molecule has 5 nitrogen and oxygen atoms in total. The second-order valence-corrected chi connectivity index (χ2v) is 4.90. The predicted molar refractivity (Wildman–Crippen MR) is 74.0 cm³/mol. The zero-order valence-corrected chi connectivity index (χ0v) is 12.0. The Morgan fingerprint density at radius 2 is 2.21 bits per heavy atom. The van der Waals surface area contributed by atoms with Crippen LogP contribution in [-0.4, -0.2) is 41.6 Å². The Labute approximate surface area is 115 Å². The summed E-state index contributed by atoms with van der Waals surface area (Å²) in [5, 5.41) is 3.50. The molecule has 1 fully saturated rings. The first kappa shape index (κ1) is 14.5. The van der Waals surface area contributed by atoms with E-state index in [4.69, 9.17) is 9.47 Å². The monoisotopic (exact) mass is 267 g/mol. The molecule has 1 aromatic heterocycles. The summed E-state index contributed by atoms with van der Waals surface area (Å²) in [5.41, 5.74) is 0. The maximum Gasteiger partial charge on any atom is 0.159 e. The molecule has 0 aromatic carbocycles. The van der Waals surface area contributed by atoms with Crippen molar-refractivity contribution in [2.24, 2.45) is 0 Å². The molecule has 1 aliphatic heterocycles. The van der Waals surface area contributed by atoms with Crippen LogP contribution in [0.25, 0.3) is 0 Å². The summed E-state index contributed by atoms with van der Waals surface area (Å²) in [6.07, 6.45) is 6.82. The van der Waals surface area contributed by atoms with E-state index in [1.807, 2.05) is 6.20 Å². The van der Waals surface area contributed by atoms with Crippen LogP contribution in [0.4, 0.5) is 0 Å². The van der Waals surface area contributed by atoms with Crippen LogP contribution in [-0.2, 0) is 22.4 Å². The smallest absolute Gasteiger partial charge is 0.159 e. The zero-order valence-electron chi connectivity index (χ0n) is 12.0. The summed E-state index contributed by atoms with van der Waals surface area (Å²) in [6, 6.07) is 0.353. The second-order valence-electron chi connectivity index (χ2n) is 4.90. The van der Waals surface area contributed by atoms with E-state index in [0.717, 1.165) is 38.2 Å². The van der Waals surface area contributed by atoms with Gasteiger partial charge in [-0.1, -0.05) is 13.8 Å². The van der Waals surface area contributed by atoms with Gasteiger partial charge in [-0.05, 0) is 13.0 Å². The molecule has 0 aliphatic carbocycles. The van der Waals surface area contributed by atoms with E-state index in [-0.39, 0.29) is 6.29 Å². The van der Waals surface area contributed by atoms with Gasteiger partial charge in [-0.15, -0.1) is 0 Å². The average Bonchev–Trinajstić information content (AvgIpc) is 3.03. The standard InChI is InChI=1S/C14H25N3O2/c1-3-6-17-7-5-16-13(17)10-12(15-4-2)11-14-18-8-9-19-14/h5,7,12,14-15H,3-4,6,8-11H2,1-2H3. The number of nitrogens with one attached hydrogen (secondary N) is 1. The molecule has 0 spiro atoms. The van der Waals surface area contributed by atoms with E-state index in [2.05, 4.69) is 34.9 Å². The number of aromatic nitrogens is 2. The molecule has 1 N–H and O–H groups in total. The molecular formula is C14H25N3O2. The van der Waals surface area contributed by atoms with E-state index in [9.17, 15) is 0 Å². The maximum atomic E-state index is 5.54.